The van der Waals surface area contributed by atoms with Crippen molar-refractivity contribution >= 4 is 28.6 Å². The van der Waals surface area contributed by atoms with Gasteiger partial charge < -0.3 is 15.1 Å². The highest BCUT2D eigenvalue weighted by Crippen LogP contribution is 2.13. The molecule has 170 valence electrons. The molecule has 0 radical (unpaired) electrons. The number of benzene rings is 1. The first-order valence-electron chi connectivity index (χ1n) is 10.3. The van der Waals surface area contributed by atoms with Gasteiger partial charge in [0.25, 0.3) is 11.8 Å². The summed E-state index contributed by atoms with van der Waals surface area (Å²) in [6.45, 7) is 2.13. The number of amides is 2. The topological polar surface area (TPSA) is 160 Å². The first-order valence-corrected chi connectivity index (χ1v) is 10.3. The molecule has 34 heavy (non-hydrogen) atoms. The van der Waals surface area contributed by atoms with Crippen LogP contribution in [0.15, 0.2) is 58.0 Å². The molecule has 0 atom stereocenters. The lowest BCUT2D eigenvalue weighted by Crippen LogP contribution is -2.28. The summed E-state index contributed by atoms with van der Waals surface area (Å²) in [7, 11) is 0. The van der Waals surface area contributed by atoms with E-state index in [1.807, 2.05) is 0 Å². The van der Waals surface area contributed by atoms with Crippen LogP contribution in [0.1, 0.15) is 38.1 Å². The molecule has 0 saturated carbocycles. The number of oxazole rings is 1. The number of aryl methyl sites for hydroxylation is 1. The van der Waals surface area contributed by atoms with Crippen molar-refractivity contribution in [1.82, 2.24) is 40.2 Å². The summed E-state index contributed by atoms with van der Waals surface area (Å²) in [4.78, 5) is 52.2. The largest absolute Gasteiger partial charge is 0.417 e. The lowest BCUT2D eigenvalue weighted by atomic mass is 10.2. The van der Waals surface area contributed by atoms with Crippen molar-refractivity contribution < 1.29 is 14.0 Å². The van der Waals surface area contributed by atoms with Gasteiger partial charge in [-0.15, -0.1) is 0 Å². The smallest absolute Gasteiger partial charge is 0.408 e. The highest BCUT2D eigenvalue weighted by molar-refractivity contribution is 5.98. The molecule has 0 aliphatic carbocycles. The van der Waals surface area contributed by atoms with Crippen molar-refractivity contribution in [3.63, 3.8) is 0 Å². The molecule has 3 N–H and O–H groups in total. The minimum Gasteiger partial charge on any atom is -0.408 e. The second-order valence-corrected chi connectivity index (χ2v) is 7.43. The summed E-state index contributed by atoms with van der Waals surface area (Å²) in [6, 6.07) is 9.78. The van der Waals surface area contributed by atoms with Gasteiger partial charge in [-0.2, -0.15) is 5.10 Å². The number of nitrogens with zero attached hydrogens (tertiary/aromatic N) is 5. The Labute approximate surface area is 191 Å². The van der Waals surface area contributed by atoms with Gasteiger partial charge in [0.05, 0.1) is 24.0 Å². The minimum absolute atomic E-state index is 0.0637. The lowest BCUT2D eigenvalue weighted by molar-refractivity contribution is 0.0942. The predicted octanol–water partition coefficient (Wildman–Crippen LogP) is 1.12. The van der Waals surface area contributed by atoms with Gasteiger partial charge in [-0.25, -0.2) is 24.3 Å². The molecule has 4 aromatic heterocycles. The fourth-order valence-corrected chi connectivity index (χ4v) is 3.44. The summed E-state index contributed by atoms with van der Waals surface area (Å²) in [5.41, 5.74) is 2.95. The van der Waals surface area contributed by atoms with E-state index in [1.54, 1.807) is 43.5 Å². The Morgan fingerprint density at radius 1 is 1.03 bits per heavy atom. The van der Waals surface area contributed by atoms with Crippen LogP contribution in [0, 0.1) is 6.92 Å². The molecule has 0 bridgehead atoms. The number of aromatic amines is 1. The third-order valence-corrected chi connectivity index (χ3v) is 5.02. The van der Waals surface area contributed by atoms with Gasteiger partial charge in [-0.05, 0) is 30.7 Å². The maximum absolute atomic E-state index is 12.9. The van der Waals surface area contributed by atoms with Gasteiger partial charge in [0.15, 0.2) is 11.2 Å². The predicted molar refractivity (Wildman–Crippen MR) is 119 cm³/mol. The monoisotopic (exact) mass is 458 g/mol. The molecule has 12 nitrogen and oxygen atoms in total. The zero-order valence-corrected chi connectivity index (χ0v) is 17.9. The maximum Gasteiger partial charge on any atom is 0.417 e. The number of H-pyrrole nitrogens is 1. The molecule has 2 amide bonds. The van der Waals surface area contributed by atoms with Crippen molar-refractivity contribution in [2.24, 2.45) is 0 Å². The number of aromatic nitrogens is 6. The number of carbonyl (C=O) groups excluding carboxylic acids is 2. The Kier molecular flexibility index (Phi) is 5.30. The number of nitrogens with one attached hydrogen (secondary N) is 3. The van der Waals surface area contributed by atoms with Crippen molar-refractivity contribution in [2.45, 2.75) is 20.0 Å². The van der Waals surface area contributed by atoms with Gasteiger partial charge >= 0.3 is 5.76 Å². The second-order valence-electron chi connectivity index (χ2n) is 7.43. The maximum atomic E-state index is 12.9. The molecule has 0 aliphatic rings. The Hall–Kier alpha value is -4.87. The SMILES string of the molecule is Cc1nccc(CNC(=O)c2cc(C(=O)NCc3ccc4oc(=O)[nH]c4c3)nc3ccnn23)n1. The molecule has 0 saturated heterocycles. The molecule has 1 aromatic carbocycles. The summed E-state index contributed by atoms with van der Waals surface area (Å²) in [5.74, 6) is -0.849. The van der Waals surface area contributed by atoms with Crippen molar-refractivity contribution in [1.29, 1.82) is 0 Å². The van der Waals surface area contributed by atoms with Crippen LogP contribution in [0.3, 0.4) is 0 Å². The number of hydrogen-bond donors (Lipinski definition) is 3. The third-order valence-electron chi connectivity index (χ3n) is 5.02. The average Bonchev–Trinajstić information content (AvgIpc) is 3.45. The molecule has 0 spiro atoms. The van der Waals surface area contributed by atoms with E-state index in [9.17, 15) is 14.4 Å². The molecule has 5 rings (SSSR count). The zero-order chi connectivity index (χ0) is 23.7. The van der Waals surface area contributed by atoms with E-state index in [0.29, 0.717) is 28.3 Å². The summed E-state index contributed by atoms with van der Waals surface area (Å²) in [5, 5.41) is 9.68. The van der Waals surface area contributed by atoms with Crippen LogP contribution in [-0.4, -0.2) is 41.4 Å². The molecular formula is C22H18N8O4. The van der Waals surface area contributed by atoms with E-state index in [1.165, 1.54) is 16.8 Å². The van der Waals surface area contributed by atoms with Gasteiger partial charge in [0.2, 0.25) is 0 Å². The fourth-order valence-electron chi connectivity index (χ4n) is 3.44. The van der Waals surface area contributed by atoms with Crippen LogP contribution in [0.4, 0.5) is 0 Å². The highest BCUT2D eigenvalue weighted by Gasteiger charge is 2.18. The normalized spacial score (nSPS) is 11.1. The first-order chi connectivity index (χ1) is 16.5. The van der Waals surface area contributed by atoms with Crippen LogP contribution in [0.2, 0.25) is 0 Å². The van der Waals surface area contributed by atoms with Crippen LogP contribution in [-0.2, 0) is 13.1 Å². The molecule has 0 unspecified atom stereocenters. The Morgan fingerprint density at radius 2 is 1.88 bits per heavy atom. The minimum atomic E-state index is -0.546. The Bertz CT molecular complexity index is 1600. The van der Waals surface area contributed by atoms with Crippen molar-refractivity contribution in [2.75, 3.05) is 0 Å². The van der Waals surface area contributed by atoms with Gasteiger partial charge in [-0.1, -0.05) is 6.07 Å². The number of fused-ring (bicyclic) bond motifs is 2. The van der Waals surface area contributed by atoms with E-state index in [4.69, 9.17) is 4.42 Å². The summed E-state index contributed by atoms with van der Waals surface area (Å²) in [6.07, 6.45) is 3.11. The second kappa shape index (κ2) is 8.58. The molecular weight excluding hydrogens is 440 g/mol. The van der Waals surface area contributed by atoms with E-state index < -0.39 is 17.6 Å². The fraction of sp³-hybridized carbons (Fsp3) is 0.136. The quantitative estimate of drug-likeness (QED) is 0.341. The van der Waals surface area contributed by atoms with E-state index in [2.05, 4.69) is 35.7 Å². The van der Waals surface area contributed by atoms with Crippen molar-refractivity contribution in [3.8, 4) is 0 Å². The Balaban J connectivity index is 1.34. The number of rotatable bonds is 6. The average molecular weight is 458 g/mol. The van der Waals surface area contributed by atoms with Crippen LogP contribution >= 0.6 is 0 Å². The summed E-state index contributed by atoms with van der Waals surface area (Å²) >= 11 is 0. The van der Waals surface area contributed by atoms with Crippen LogP contribution in [0.5, 0.6) is 0 Å². The van der Waals surface area contributed by atoms with Crippen LogP contribution in [0.25, 0.3) is 16.7 Å². The molecule has 0 fully saturated rings. The van der Waals surface area contributed by atoms with E-state index in [-0.39, 0.29) is 24.5 Å². The van der Waals surface area contributed by atoms with Crippen LogP contribution < -0.4 is 16.4 Å². The molecule has 4 heterocycles. The number of carbonyl (C=O) groups is 2. The molecule has 12 heteroatoms. The zero-order valence-electron chi connectivity index (χ0n) is 17.9. The van der Waals surface area contributed by atoms with Gasteiger partial charge in [0.1, 0.15) is 17.2 Å². The summed E-state index contributed by atoms with van der Waals surface area (Å²) < 4.78 is 6.34. The molecule has 0 aliphatic heterocycles. The highest BCUT2D eigenvalue weighted by atomic mass is 16.4. The Morgan fingerprint density at radius 3 is 2.74 bits per heavy atom. The van der Waals surface area contributed by atoms with Gasteiger partial charge in [0, 0.05) is 24.9 Å². The molecule has 5 aromatic rings. The van der Waals surface area contributed by atoms with Gasteiger partial charge in [-0.3, -0.25) is 14.6 Å². The standard InChI is InChI=1S/C22H18N8O4/c1-12-23-6-4-14(27-12)11-25-21(32)17-9-16(28-19-5-7-26-30(17)19)20(31)24-10-13-2-3-18-15(8-13)29-22(33)34-18/h2-9H,10-11H2,1H3,(H,24,31)(H,25,32)(H,29,33). The van der Waals surface area contributed by atoms with Crippen molar-refractivity contribution in [3.05, 3.63) is 87.8 Å². The van der Waals surface area contributed by atoms with E-state index >= 15 is 0 Å². The lowest BCUT2D eigenvalue weighted by Gasteiger charge is -2.10. The third kappa shape index (κ3) is 4.24. The first kappa shape index (κ1) is 21.0. The van der Waals surface area contributed by atoms with E-state index in [0.717, 1.165) is 5.56 Å². The number of hydrogen-bond acceptors (Lipinski definition) is 8.